The number of rotatable bonds is 5. The first-order valence-corrected chi connectivity index (χ1v) is 8.38. The van der Waals surface area contributed by atoms with Crippen molar-refractivity contribution in [1.82, 2.24) is 15.2 Å². The van der Waals surface area contributed by atoms with E-state index in [0.29, 0.717) is 6.54 Å². The van der Waals surface area contributed by atoms with Gasteiger partial charge in [-0.05, 0) is 35.7 Å². The fourth-order valence-corrected chi connectivity index (χ4v) is 3.02. The number of nitrogens with one attached hydrogen (secondary N) is 2. The molecule has 25 heavy (non-hydrogen) atoms. The van der Waals surface area contributed by atoms with Crippen LogP contribution in [0.4, 0.5) is 4.39 Å². The molecule has 0 unspecified atom stereocenters. The number of guanidine groups is 1. The standard InChI is InChI=1S/C20H23FN4/c1-22-20(25(2)14-15-6-5-7-17(21)12-15)23-11-10-16-13-24-19-9-4-3-8-18(16)19/h3-9,12-13,24H,10-11,14H2,1-2H3,(H,22,23). The van der Waals surface area contributed by atoms with Gasteiger partial charge in [-0.1, -0.05) is 30.3 Å². The fourth-order valence-electron chi connectivity index (χ4n) is 3.02. The topological polar surface area (TPSA) is 43.4 Å². The van der Waals surface area contributed by atoms with Crippen molar-refractivity contribution in [3.05, 3.63) is 71.7 Å². The van der Waals surface area contributed by atoms with Crippen molar-refractivity contribution >= 4 is 16.9 Å². The smallest absolute Gasteiger partial charge is 0.193 e. The highest BCUT2D eigenvalue weighted by Crippen LogP contribution is 2.17. The summed E-state index contributed by atoms with van der Waals surface area (Å²) in [4.78, 5) is 9.60. The van der Waals surface area contributed by atoms with Gasteiger partial charge in [-0.3, -0.25) is 4.99 Å². The van der Waals surface area contributed by atoms with Gasteiger partial charge in [0.05, 0.1) is 0 Å². The van der Waals surface area contributed by atoms with E-state index in [0.717, 1.165) is 30.0 Å². The van der Waals surface area contributed by atoms with Crippen molar-refractivity contribution in [3.8, 4) is 0 Å². The van der Waals surface area contributed by atoms with Gasteiger partial charge in [0.1, 0.15) is 5.82 Å². The lowest BCUT2D eigenvalue weighted by atomic mass is 10.1. The highest BCUT2D eigenvalue weighted by atomic mass is 19.1. The van der Waals surface area contributed by atoms with E-state index in [2.05, 4.69) is 39.7 Å². The van der Waals surface area contributed by atoms with Gasteiger partial charge in [0.25, 0.3) is 0 Å². The first kappa shape index (κ1) is 17.0. The van der Waals surface area contributed by atoms with Crippen LogP contribution in [0.15, 0.2) is 59.7 Å². The van der Waals surface area contributed by atoms with Crippen molar-refractivity contribution < 1.29 is 4.39 Å². The molecular weight excluding hydrogens is 315 g/mol. The van der Waals surface area contributed by atoms with Crippen molar-refractivity contribution in [2.24, 2.45) is 4.99 Å². The molecule has 0 saturated carbocycles. The van der Waals surface area contributed by atoms with E-state index in [1.807, 2.05) is 24.1 Å². The third-order valence-corrected chi connectivity index (χ3v) is 4.23. The van der Waals surface area contributed by atoms with Gasteiger partial charge in [0.15, 0.2) is 5.96 Å². The number of benzene rings is 2. The molecule has 0 aliphatic rings. The number of nitrogens with zero attached hydrogens (tertiary/aromatic N) is 2. The van der Waals surface area contributed by atoms with Crippen molar-refractivity contribution in [2.45, 2.75) is 13.0 Å². The molecule has 0 saturated heterocycles. The van der Waals surface area contributed by atoms with Crippen LogP contribution in [0.25, 0.3) is 10.9 Å². The number of H-pyrrole nitrogens is 1. The SMILES string of the molecule is CN=C(NCCc1c[nH]c2ccccc12)N(C)Cc1cccc(F)c1. The Hall–Kier alpha value is -2.82. The molecule has 0 spiro atoms. The lowest BCUT2D eigenvalue weighted by Crippen LogP contribution is -2.39. The van der Waals surface area contributed by atoms with Crippen molar-refractivity contribution in [1.29, 1.82) is 0 Å². The van der Waals surface area contributed by atoms with Crippen LogP contribution in [0.2, 0.25) is 0 Å². The average Bonchev–Trinajstić information content (AvgIpc) is 3.02. The highest BCUT2D eigenvalue weighted by molar-refractivity contribution is 5.83. The second-order valence-corrected chi connectivity index (χ2v) is 6.07. The second-order valence-electron chi connectivity index (χ2n) is 6.07. The van der Waals surface area contributed by atoms with E-state index >= 15 is 0 Å². The predicted molar refractivity (Wildman–Crippen MR) is 101 cm³/mol. The average molecular weight is 338 g/mol. The molecule has 3 aromatic rings. The van der Waals surface area contributed by atoms with E-state index < -0.39 is 0 Å². The van der Waals surface area contributed by atoms with Crippen LogP contribution in [-0.2, 0) is 13.0 Å². The van der Waals surface area contributed by atoms with E-state index in [1.165, 1.54) is 17.0 Å². The molecule has 0 aliphatic heterocycles. The molecule has 0 amide bonds. The number of hydrogen-bond acceptors (Lipinski definition) is 1. The monoisotopic (exact) mass is 338 g/mol. The molecule has 0 fully saturated rings. The highest BCUT2D eigenvalue weighted by Gasteiger charge is 2.08. The third-order valence-electron chi connectivity index (χ3n) is 4.23. The Balaban J connectivity index is 1.57. The van der Waals surface area contributed by atoms with Crippen molar-refractivity contribution in [2.75, 3.05) is 20.6 Å². The molecule has 0 bridgehead atoms. The van der Waals surface area contributed by atoms with Crippen LogP contribution in [0, 0.1) is 5.82 Å². The molecule has 0 aliphatic carbocycles. The summed E-state index contributed by atoms with van der Waals surface area (Å²) in [5.74, 6) is 0.581. The largest absolute Gasteiger partial charge is 0.361 e. The zero-order valence-corrected chi connectivity index (χ0v) is 14.6. The van der Waals surface area contributed by atoms with Crippen LogP contribution in [-0.4, -0.2) is 36.5 Å². The van der Waals surface area contributed by atoms with Gasteiger partial charge in [0.2, 0.25) is 0 Å². The molecule has 4 nitrogen and oxygen atoms in total. The minimum atomic E-state index is -0.215. The number of hydrogen-bond donors (Lipinski definition) is 2. The molecule has 130 valence electrons. The summed E-state index contributed by atoms with van der Waals surface area (Å²) in [5, 5.41) is 4.63. The number of aromatic nitrogens is 1. The lowest BCUT2D eigenvalue weighted by molar-refractivity contribution is 0.475. The van der Waals surface area contributed by atoms with E-state index in [1.54, 1.807) is 19.2 Å². The Morgan fingerprint density at radius 1 is 1.20 bits per heavy atom. The Morgan fingerprint density at radius 3 is 2.84 bits per heavy atom. The number of halogens is 1. The number of aliphatic imine (C=N–C) groups is 1. The Bertz CT molecular complexity index is 869. The van der Waals surface area contributed by atoms with E-state index in [9.17, 15) is 4.39 Å². The summed E-state index contributed by atoms with van der Waals surface area (Å²) >= 11 is 0. The van der Waals surface area contributed by atoms with Crippen LogP contribution in [0.3, 0.4) is 0 Å². The minimum Gasteiger partial charge on any atom is -0.361 e. The summed E-state index contributed by atoms with van der Waals surface area (Å²) in [5.41, 5.74) is 3.36. The molecule has 2 N–H and O–H groups in total. The predicted octanol–water partition coefficient (Wildman–Crippen LogP) is 3.56. The maximum atomic E-state index is 13.3. The van der Waals surface area contributed by atoms with Gasteiger partial charge in [0, 0.05) is 44.3 Å². The van der Waals surface area contributed by atoms with Gasteiger partial charge >= 0.3 is 0 Å². The summed E-state index contributed by atoms with van der Waals surface area (Å²) < 4.78 is 13.3. The summed E-state index contributed by atoms with van der Waals surface area (Å²) in [6, 6.07) is 14.9. The number of para-hydroxylation sites is 1. The normalized spacial score (nSPS) is 11.7. The summed E-state index contributed by atoms with van der Waals surface area (Å²) in [7, 11) is 3.71. The first-order chi connectivity index (χ1) is 12.2. The Kier molecular flexibility index (Phi) is 5.33. The molecule has 5 heteroatoms. The summed E-state index contributed by atoms with van der Waals surface area (Å²) in [6.45, 7) is 1.38. The van der Waals surface area contributed by atoms with Gasteiger partial charge < -0.3 is 15.2 Å². The van der Waals surface area contributed by atoms with Gasteiger partial charge in [-0.25, -0.2) is 4.39 Å². The molecule has 1 aromatic heterocycles. The zero-order chi connectivity index (χ0) is 17.6. The first-order valence-electron chi connectivity index (χ1n) is 8.38. The van der Waals surface area contributed by atoms with E-state index in [4.69, 9.17) is 0 Å². The maximum absolute atomic E-state index is 13.3. The van der Waals surface area contributed by atoms with Crippen LogP contribution < -0.4 is 5.32 Å². The number of fused-ring (bicyclic) bond motifs is 1. The minimum absolute atomic E-state index is 0.215. The van der Waals surface area contributed by atoms with E-state index in [-0.39, 0.29) is 5.82 Å². The van der Waals surface area contributed by atoms with Gasteiger partial charge in [-0.2, -0.15) is 0 Å². The zero-order valence-electron chi connectivity index (χ0n) is 14.6. The third kappa shape index (κ3) is 4.18. The molecule has 1 heterocycles. The molecule has 0 atom stereocenters. The Labute approximate surface area is 147 Å². The van der Waals surface area contributed by atoms with Gasteiger partial charge in [-0.15, -0.1) is 0 Å². The maximum Gasteiger partial charge on any atom is 0.193 e. The van der Waals surface area contributed by atoms with Crippen molar-refractivity contribution in [3.63, 3.8) is 0 Å². The second kappa shape index (κ2) is 7.83. The van der Waals surface area contributed by atoms with Crippen LogP contribution in [0.1, 0.15) is 11.1 Å². The summed E-state index contributed by atoms with van der Waals surface area (Å²) in [6.07, 6.45) is 2.96. The van der Waals surface area contributed by atoms with Crippen LogP contribution >= 0.6 is 0 Å². The fraction of sp³-hybridized carbons (Fsp3) is 0.250. The lowest BCUT2D eigenvalue weighted by Gasteiger charge is -2.22. The molecule has 3 rings (SSSR count). The quantitative estimate of drug-likeness (QED) is 0.552. The molecular formula is C20H23FN4. The van der Waals surface area contributed by atoms with Crippen LogP contribution in [0.5, 0.6) is 0 Å². The number of aromatic amines is 1. The Morgan fingerprint density at radius 2 is 2.04 bits per heavy atom. The molecule has 2 aromatic carbocycles. The molecule has 0 radical (unpaired) electrons.